The average molecular weight is 274 g/mol. The van der Waals surface area contributed by atoms with Gasteiger partial charge < -0.3 is 10.1 Å². The van der Waals surface area contributed by atoms with Crippen LogP contribution < -0.4 is 5.32 Å². The smallest absolute Gasteiger partial charge is 0.251 e. The van der Waals surface area contributed by atoms with Crippen LogP contribution in [-0.4, -0.2) is 40.2 Å². The zero-order valence-electron chi connectivity index (χ0n) is 11.5. The van der Waals surface area contributed by atoms with Crippen molar-refractivity contribution in [1.82, 2.24) is 20.3 Å². The van der Waals surface area contributed by atoms with Crippen LogP contribution in [0.5, 0.6) is 0 Å². The maximum Gasteiger partial charge on any atom is 0.251 e. The molecular weight excluding hydrogens is 256 g/mol. The summed E-state index contributed by atoms with van der Waals surface area (Å²) in [6, 6.07) is 5.47. The standard InChI is InChI=1S/C14H18N4O2/c1-2-18-13-6-5-10(8-12(13)16-17-18)14(19)15-9-11-4-3-7-20-11/h5-6,8,11H,2-4,7,9H2,1H3,(H,15,19)/t11-/m1/s1. The van der Waals surface area contributed by atoms with Gasteiger partial charge >= 0.3 is 0 Å². The van der Waals surface area contributed by atoms with E-state index in [1.54, 1.807) is 6.07 Å². The van der Waals surface area contributed by atoms with E-state index in [-0.39, 0.29) is 12.0 Å². The summed E-state index contributed by atoms with van der Waals surface area (Å²) in [6.45, 7) is 4.14. The maximum absolute atomic E-state index is 12.1. The number of carbonyl (C=O) groups excluding carboxylic acids is 1. The van der Waals surface area contributed by atoms with Crippen molar-refractivity contribution in [2.75, 3.05) is 13.2 Å². The summed E-state index contributed by atoms with van der Waals surface area (Å²) in [5.41, 5.74) is 2.30. The van der Waals surface area contributed by atoms with Gasteiger partial charge in [-0.3, -0.25) is 4.79 Å². The molecule has 0 bridgehead atoms. The summed E-state index contributed by atoms with van der Waals surface area (Å²) < 4.78 is 7.30. The number of hydrogen-bond donors (Lipinski definition) is 1. The molecule has 0 unspecified atom stereocenters. The lowest BCUT2D eigenvalue weighted by Gasteiger charge is -2.10. The largest absolute Gasteiger partial charge is 0.376 e. The summed E-state index contributed by atoms with van der Waals surface area (Å²) in [5, 5.41) is 11.0. The van der Waals surface area contributed by atoms with Gasteiger partial charge in [0.1, 0.15) is 5.52 Å². The highest BCUT2D eigenvalue weighted by Gasteiger charge is 2.17. The number of nitrogens with one attached hydrogen (secondary N) is 1. The lowest BCUT2D eigenvalue weighted by molar-refractivity contribution is 0.0858. The number of benzene rings is 1. The van der Waals surface area contributed by atoms with Crippen molar-refractivity contribution in [1.29, 1.82) is 0 Å². The van der Waals surface area contributed by atoms with Gasteiger partial charge in [-0.25, -0.2) is 4.68 Å². The van der Waals surface area contributed by atoms with E-state index in [2.05, 4.69) is 15.6 Å². The van der Waals surface area contributed by atoms with Gasteiger partial charge in [-0.2, -0.15) is 0 Å². The van der Waals surface area contributed by atoms with E-state index in [1.165, 1.54) is 0 Å². The lowest BCUT2D eigenvalue weighted by atomic mass is 10.1. The number of amides is 1. The molecule has 0 aliphatic carbocycles. The highest BCUT2D eigenvalue weighted by Crippen LogP contribution is 2.14. The fourth-order valence-corrected chi connectivity index (χ4v) is 2.46. The van der Waals surface area contributed by atoms with Crippen molar-refractivity contribution in [3.63, 3.8) is 0 Å². The van der Waals surface area contributed by atoms with Gasteiger partial charge in [0.25, 0.3) is 5.91 Å². The molecule has 0 saturated carbocycles. The second kappa shape index (κ2) is 5.58. The fraction of sp³-hybridized carbons (Fsp3) is 0.500. The lowest BCUT2D eigenvalue weighted by Crippen LogP contribution is -2.31. The van der Waals surface area contributed by atoms with E-state index in [1.807, 2.05) is 23.7 Å². The van der Waals surface area contributed by atoms with Crippen LogP contribution in [0.3, 0.4) is 0 Å². The van der Waals surface area contributed by atoms with Crippen LogP contribution in [0.15, 0.2) is 18.2 Å². The molecule has 1 aromatic heterocycles. The van der Waals surface area contributed by atoms with E-state index in [0.29, 0.717) is 12.1 Å². The molecule has 3 rings (SSSR count). The minimum Gasteiger partial charge on any atom is -0.376 e. The summed E-state index contributed by atoms with van der Waals surface area (Å²) >= 11 is 0. The number of carbonyl (C=O) groups is 1. The summed E-state index contributed by atoms with van der Waals surface area (Å²) in [5.74, 6) is -0.0894. The normalized spacial score (nSPS) is 18.6. The second-order valence-corrected chi connectivity index (χ2v) is 4.95. The Hall–Kier alpha value is -1.95. The van der Waals surface area contributed by atoms with Gasteiger partial charge in [0.15, 0.2) is 0 Å². The molecule has 1 aliphatic heterocycles. The van der Waals surface area contributed by atoms with Crippen molar-refractivity contribution in [3.8, 4) is 0 Å². The third-order valence-electron chi connectivity index (χ3n) is 3.59. The van der Waals surface area contributed by atoms with E-state index >= 15 is 0 Å². The predicted octanol–water partition coefficient (Wildman–Crippen LogP) is 1.36. The number of rotatable bonds is 4. The Bertz CT molecular complexity index is 617. The maximum atomic E-state index is 12.1. The SMILES string of the molecule is CCn1nnc2cc(C(=O)NC[C@H]3CCCO3)ccc21. The first-order valence-corrected chi connectivity index (χ1v) is 7.01. The van der Waals surface area contributed by atoms with E-state index < -0.39 is 0 Å². The Kier molecular flexibility index (Phi) is 3.64. The van der Waals surface area contributed by atoms with Gasteiger partial charge in [0.05, 0.1) is 11.6 Å². The molecule has 1 saturated heterocycles. The van der Waals surface area contributed by atoms with Crippen LogP contribution in [0.25, 0.3) is 11.0 Å². The topological polar surface area (TPSA) is 69.0 Å². The van der Waals surface area contributed by atoms with Crippen molar-refractivity contribution in [3.05, 3.63) is 23.8 Å². The molecule has 20 heavy (non-hydrogen) atoms. The number of aromatic nitrogens is 3. The molecule has 1 amide bonds. The van der Waals surface area contributed by atoms with E-state index in [4.69, 9.17) is 4.74 Å². The average Bonchev–Trinajstić information content (AvgIpc) is 3.13. The van der Waals surface area contributed by atoms with Gasteiger partial charge in [0, 0.05) is 25.3 Å². The molecule has 1 aliphatic rings. The van der Waals surface area contributed by atoms with Crippen LogP contribution >= 0.6 is 0 Å². The monoisotopic (exact) mass is 274 g/mol. The van der Waals surface area contributed by atoms with Crippen molar-refractivity contribution < 1.29 is 9.53 Å². The highest BCUT2D eigenvalue weighted by molar-refractivity contribution is 5.97. The molecule has 6 nitrogen and oxygen atoms in total. The minimum atomic E-state index is -0.0894. The van der Waals surface area contributed by atoms with Crippen molar-refractivity contribution in [2.45, 2.75) is 32.4 Å². The van der Waals surface area contributed by atoms with Gasteiger partial charge in [0.2, 0.25) is 0 Å². The number of hydrogen-bond acceptors (Lipinski definition) is 4. The first-order valence-electron chi connectivity index (χ1n) is 7.01. The minimum absolute atomic E-state index is 0.0894. The van der Waals surface area contributed by atoms with Crippen LogP contribution in [-0.2, 0) is 11.3 Å². The van der Waals surface area contributed by atoms with Gasteiger partial charge in [-0.05, 0) is 38.0 Å². The Morgan fingerprint density at radius 2 is 2.45 bits per heavy atom. The number of aryl methyl sites for hydroxylation is 1. The van der Waals surface area contributed by atoms with Crippen molar-refractivity contribution in [2.24, 2.45) is 0 Å². The number of ether oxygens (including phenoxy) is 1. The third kappa shape index (κ3) is 2.51. The Balaban J connectivity index is 1.70. The Morgan fingerprint density at radius 3 is 3.20 bits per heavy atom. The van der Waals surface area contributed by atoms with Crippen LogP contribution in [0, 0.1) is 0 Å². The molecule has 1 aromatic carbocycles. The first kappa shape index (κ1) is 13.1. The first-order chi connectivity index (χ1) is 9.78. The highest BCUT2D eigenvalue weighted by atomic mass is 16.5. The number of nitrogens with zero attached hydrogens (tertiary/aromatic N) is 3. The molecule has 1 atom stereocenters. The predicted molar refractivity (Wildman–Crippen MR) is 74.5 cm³/mol. The molecule has 106 valence electrons. The zero-order valence-corrected chi connectivity index (χ0v) is 11.5. The quantitative estimate of drug-likeness (QED) is 0.914. The molecule has 1 N–H and O–H groups in total. The third-order valence-corrected chi connectivity index (χ3v) is 3.59. The molecular formula is C14H18N4O2. The fourth-order valence-electron chi connectivity index (χ4n) is 2.46. The molecule has 0 spiro atoms. The van der Waals surface area contributed by atoms with E-state index in [0.717, 1.165) is 37.0 Å². The van der Waals surface area contributed by atoms with Gasteiger partial charge in [-0.15, -0.1) is 5.10 Å². The van der Waals surface area contributed by atoms with Crippen LogP contribution in [0.4, 0.5) is 0 Å². The molecule has 6 heteroatoms. The molecule has 2 heterocycles. The summed E-state index contributed by atoms with van der Waals surface area (Å²) in [7, 11) is 0. The summed E-state index contributed by atoms with van der Waals surface area (Å²) in [6.07, 6.45) is 2.25. The van der Waals surface area contributed by atoms with Crippen LogP contribution in [0.2, 0.25) is 0 Å². The molecule has 0 radical (unpaired) electrons. The Labute approximate surface area is 117 Å². The van der Waals surface area contributed by atoms with Gasteiger partial charge in [-0.1, -0.05) is 5.21 Å². The molecule has 1 fully saturated rings. The molecule has 2 aromatic rings. The van der Waals surface area contributed by atoms with Crippen molar-refractivity contribution >= 4 is 16.9 Å². The summed E-state index contributed by atoms with van der Waals surface area (Å²) in [4.78, 5) is 12.1. The zero-order chi connectivity index (χ0) is 13.9. The van der Waals surface area contributed by atoms with Crippen LogP contribution in [0.1, 0.15) is 30.1 Å². The van der Waals surface area contributed by atoms with E-state index in [9.17, 15) is 4.79 Å². The Morgan fingerprint density at radius 1 is 1.55 bits per heavy atom. The second-order valence-electron chi connectivity index (χ2n) is 4.95. The number of fused-ring (bicyclic) bond motifs is 1.